The maximum Gasteiger partial charge on any atom is 0.254 e. The first-order valence-electron chi connectivity index (χ1n) is 15.6. The van der Waals surface area contributed by atoms with Gasteiger partial charge in [-0.2, -0.15) is 0 Å². The summed E-state index contributed by atoms with van der Waals surface area (Å²) in [6.07, 6.45) is 6.28. The molecule has 0 bridgehead atoms. The van der Waals surface area contributed by atoms with Crippen molar-refractivity contribution in [1.82, 2.24) is 19.0 Å². The van der Waals surface area contributed by atoms with Crippen LogP contribution in [0, 0.1) is 11.3 Å². The molecule has 1 spiro atoms. The third-order valence-corrected chi connectivity index (χ3v) is 10.4. The van der Waals surface area contributed by atoms with Crippen molar-refractivity contribution in [3.05, 3.63) is 42.0 Å². The van der Waals surface area contributed by atoms with Crippen LogP contribution in [0.1, 0.15) is 48.9 Å². The van der Waals surface area contributed by atoms with E-state index < -0.39 is 0 Å². The van der Waals surface area contributed by atoms with Gasteiger partial charge >= 0.3 is 0 Å². The van der Waals surface area contributed by atoms with E-state index in [2.05, 4.69) is 38.3 Å². The number of hydrogen-bond donors (Lipinski definition) is 2. The largest absolute Gasteiger partial charge is 0.494 e. The third kappa shape index (κ3) is 4.12. The van der Waals surface area contributed by atoms with E-state index in [1.54, 1.807) is 7.11 Å². The summed E-state index contributed by atoms with van der Waals surface area (Å²) in [4.78, 5) is 23.3. The molecule has 1 unspecified atom stereocenters. The van der Waals surface area contributed by atoms with E-state index in [-0.39, 0.29) is 17.9 Å². The fraction of sp³-hybridized carbons (Fsp3) is 0.515. The highest BCUT2D eigenvalue weighted by Crippen LogP contribution is 2.52. The van der Waals surface area contributed by atoms with Crippen LogP contribution in [0.4, 0.5) is 5.69 Å². The zero-order valence-electron chi connectivity index (χ0n) is 24.4. The van der Waals surface area contributed by atoms with E-state index in [4.69, 9.17) is 15.5 Å². The summed E-state index contributed by atoms with van der Waals surface area (Å²) >= 11 is 0. The molecule has 2 aliphatic carbocycles. The quantitative estimate of drug-likeness (QED) is 0.330. The van der Waals surface area contributed by atoms with Crippen molar-refractivity contribution in [2.24, 2.45) is 17.1 Å². The minimum Gasteiger partial charge on any atom is -0.494 e. The lowest BCUT2D eigenvalue weighted by atomic mass is 9.92. The minimum atomic E-state index is 0.0497. The number of hydrogen-bond acceptors (Lipinski definition) is 6. The van der Waals surface area contributed by atoms with Crippen LogP contribution in [0.15, 0.2) is 36.4 Å². The van der Waals surface area contributed by atoms with Crippen LogP contribution in [-0.4, -0.2) is 76.0 Å². The van der Waals surface area contributed by atoms with Crippen LogP contribution in [0.25, 0.3) is 33.5 Å². The van der Waals surface area contributed by atoms with Crippen molar-refractivity contribution < 1.29 is 14.6 Å². The topological polar surface area (TPSA) is 102 Å². The van der Waals surface area contributed by atoms with Gasteiger partial charge in [0.1, 0.15) is 11.3 Å². The fourth-order valence-corrected chi connectivity index (χ4v) is 7.55. The lowest BCUT2D eigenvalue weighted by Crippen LogP contribution is -2.40. The Balaban J connectivity index is 1.22. The van der Waals surface area contributed by atoms with Gasteiger partial charge in [0.25, 0.3) is 5.91 Å². The predicted molar refractivity (Wildman–Crippen MR) is 164 cm³/mol. The number of benzene rings is 2. The van der Waals surface area contributed by atoms with Gasteiger partial charge in [0.15, 0.2) is 5.82 Å². The van der Waals surface area contributed by atoms with Gasteiger partial charge in [-0.05, 0) is 74.1 Å². The number of carbonyl (C=O) groups is 1. The number of para-hydroxylation sites is 1. The van der Waals surface area contributed by atoms with Crippen molar-refractivity contribution in [2.45, 2.75) is 57.7 Å². The predicted octanol–water partition coefficient (Wildman–Crippen LogP) is 4.23. The van der Waals surface area contributed by atoms with Crippen LogP contribution < -0.4 is 15.4 Å². The molecule has 1 atom stereocenters. The number of methoxy groups -OCH3 is 1. The monoisotopic (exact) mass is 568 g/mol. The molecule has 2 aromatic carbocycles. The number of rotatable bonds is 8. The molecule has 3 fully saturated rings. The average Bonchev–Trinajstić information content (AvgIpc) is 3.86. The second-order valence-corrected chi connectivity index (χ2v) is 13.0. The highest BCUT2D eigenvalue weighted by molar-refractivity contribution is 6.01. The van der Waals surface area contributed by atoms with Gasteiger partial charge in [0, 0.05) is 62.9 Å². The maximum atomic E-state index is 13.7. The Kier molecular flexibility index (Phi) is 6.05. The smallest absolute Gasteiger partial charge is 0.254 e. The molecule has 2 saturated carbocycles. The number of amides is 1. The van der Waals surface area contributed by atoms with Crippen LogP contribution in [0.3, 0.4) is 0 Å². The molecule has 0 radical (unpaired) electrons. The van der Waals surface area contributed by atoms with Crippen molar-refractivity contribution in [2.75, 3.05) is 44.8 Å². The summed E-state index contributed by atoms with van der Waals surface area (Å²) in [6.45, 7) is 5.19. The van der Waals surface area contributed by atoms with E-state index in [9.17, 15) is 9.90 Å². The molecule has 4 aromatic rings. The van der Waals surface area contributed by atoms with Gasteiger partial charge in [-0.3, -0.25) is 4.79 Å². The molecule has 220 valence electrons. The van der Waals surface area contributed by atoms with Gasteiger partial charge in [-0.25, -0.2) is 4.98 Å². The van der Waals surface area contributed by atoms with Crippen molar-refractivity contribution in [1.29, 1.82) is 0 Å². The number of aliphatic hydroxyl groups excluding tert-OH is 1. The Morgan fingerprint density at radius 3 is 2.64 bits per heavy atom. The number of nitrogens with zero attached hydrogens (tertiary/aromatic N) is 5. The van der Waals surface area contributed by atoms with Gasteiger partial charge in [0.2, 0.25) is 0 Å². The molecule has 3 N–H and O–H groups in total. The molecule has 4 aliphatic rings. The Morgan fingerprint density at radius 1 is 1.12 bits per heavy atom. The first-order valence-corrected chi connectivity index (χ1v) is 15.6. The molecular formula is C33H40N6O3. The average molecular weight is 569 g/mol. The molecule has 9 nitrogen and oxygen atoms in total. The number of likely N-dealkylation sites (tertiary alicyclic amines) is 1. The number of nitrogens with two attached hydrogens (primary N) is 1. The van der Waals surface area contributed by atoms with E-state index in [1.165, 1.54) is 29.4 Å². The molecule has 8 rings (SSSR count). The van der Waals surface area contributed by atoms with E-state index >= 15 is 0 Å². The van der Waals surface area contributed by atoms with Crippen LogP contribution in [0.2, 0.25) is 0 Å². The summed E-state index contributed by atoms with van der Waals surface area (Å²) in [5.41, 5.74) is 12.4. The Bertz CT molecular complexity index is 1690. The first kappa shape index (κ1) is 26.1. The number of imidazole rings is 1. The lowest BCUT2D eigenvalue weighted by molar-refractivity contribution is 0.0675. The molecule has 2 aliphatic heterocycles. The molecule has 42 heavy (non-hydrogen) atoms. The van der Waals surface area contributed by atoms with Crippen LogP contribution in [-0.2, 0) is 13.1 Å². The number of fused-ring (bicyclic) bond motifs is 1. The van der Waals surface area contributed by atoms with Crippen LogP contribution >= 0.6 is 0 Å². The molecule has 4 heterocycles. The Hall–Kier alpha value is -3.56. The first-order chi connectivity index (χ1) is 20.5. The van der Waals surface area contributed by atoms with Crippen molar-refractivity contribution in [3.8, 4) is 17.3 Å². The second-order valence-electron chi connectivity index (χ2n) is 13.0. The highest BCUT2D eigenvalue weighted by atomic mass is 16.5. The summed E-state index contributed by atoms with van der Waals surface area (Å²) < 4.78 is 10.7. The van der Waals surface area contributed by atoms with Gasteiger partial charge < -0.3 is 34.5 Å². The minimum absolute atomic E-state index is 0.0497. The fourth-order valence-electron chi connectivity index (χ4n) is 7.55. The van der Waals surface area contributed by atoms with Crippen molar-refractivity contribution in [3.63, 3.8) is 0 Å². The zero-order valence-corrected chi connectivity index (χ0v) is 24.4. The Morgan fingerprint density at radius 2 is 1.93 bits per heavy atom. The SMILES string of the molecule is COc1cc(C(=O)N2CCC3(CC2)CC3N)cc2nc(-c3cc4cccc5c4n3CCN5CCCO)n(CC3CC3)c12. The zero-order chi connectivity index (χ0) is 28.6. The lowest BCUT2D eigenvalue weighted by Gasteiger charge is -2.32. The highest BCUT2D eigenvalue weighted by Gasteiger charge is 2.53. The van der Waals surface area contributed by atoms with Gasteiger partial charge in [0.05, 0.1) is 29.5 Å². The molecule has 9 heteroatoms. The van der Waals surface area contributed by atoms with Gasteiger partial charge in [-0.1, -0.05) is 12.1 Å². The molecule has 1 amide bonds. The summed E-state index contributed by atoms with van der Waals surface area (Å²) in [6, 6.07) is 12.9. The number of anilines is 1. The standard InChI is InChI=1S/C33H40N6O3/c1-42-27-18-23(32(41)37-11-8-33(9-12-37)19-28(33)34)16-24-30(27)39(20-21-6-7-21)31(35-24)26-17-22-4-2-5-25-29(22)38(26)14-13-36(25)10-3-15-40/h2,4-5,16-18,21,28,40H,3,6-15,19-20,34H2,1H3. The third-order valence-electron chi connectivity index (χ3n) is 10.4. The molecule has 1 saturated heterocycles. The summed E-state index contributed by atoms with van der Waals surface area (Å²) in [5, 5.41) is 10.6. The summed E-state index contributed by atoms with van der Waals surface area (Å²) in [7, 11) is 1.69. The number of ether oxygens (including phenoxy) is 1. The number of aliphatic hydroxyl groups is 1. The van der Waals surface area contributed by atoms with Gasteiger partial charge in [-0.15, -0.1) is 0 Å². The normalized spacial score (nSPS) is 21.1. The van der Waals surface area contributed by atoms with Crippen LogP contribution in [0.5, 0.6) is 5.75 Å². The number of aromatic nitrogens is 3. The molecular weight excluding hydrogens is 528 g/mol. The second kappa shape index (κ2) is 9.74. The van der Waals surface area contributed by atoms with Crippen molar-refractivity contribution >= 4 is 33.5 Å². The maximum absolute atomic E-state index is 13.7. The Labute approximate surface area is 245 Å². The molecule has 2 aromatic heterocycles. The number of piperidine rings is 1. The summed E-state index contributed by atoms with van der Waals surface area (Å²) in [5.74, 6) is 2.33. The van der Waals surface area contributed by atoms with E-state index in [0.717, 1.165) is 87.5 Å². The van der Waals surface area contributed by atoms with E-state index in [0.29, 0.717) is 23.3 Å². The number of carbonyl (C=O) groups excluding carboxylic acids is 1. The van der Waals surface area contributed by atoms with E-state index in [1.807, 2.05) is 17.0 Å².